The molecule has 0 spiro atoms. The SMILES string of the molecule is CCN[C@H](C)CNC(=O)c1ncoc1-c1ccc2c(c1)OCCO2.Cl.Cl. The average molecular weight is 404 g/mol. The molecule has 1 aromatic heterocycles. The number of fused-ring (bicyclic) bond motifs is 1. The second-order valence-corrected chi connectivity index (χ2v) is 5.56. The van der Waals surface area contributed by atoms with Crippen LogP contribution in [0.4, 0.5) is 0 Å². The lowest BCUT2D eigenvalue weighted by Crippen LogP contribution is -2.39. The summed E-state index contributed by atoms with van der Waals surface area (Å²) < 4.78 is 16.5. The van der Waals surface area contributed by atoms with Gasteiger partial charge in [-0.2, -0.15) is 0 Å². The normalized spacial score (nSPS) is 13.2. The molecule has 7 nitrogen and oxygen atoms in total. The number of amides is 1. The van der Waals surface area contributed by atoms with E-state index in [0.29, 0.717) is 37.0 Å². The van der Waals surface area contributed by atoms with E-state index in [2.05, 4.69) is 15.6 Å². The fourth-order valence-electron chi connectivity index (χ4n) is 2.55. The van der Waals surface area contributed by atoms with Crippen LogP contribution in [-0.2, 0) is 0 Å². The summed E-state index contributed by atoms with van der Waals surface area (Å²) in [6.07, 6.45) is 1.27. The van der Waals surface area contributed by atoms with Gasteiger partial charge in [-0.05, 0) is 31.7 Å². The number of benzene rings is 1. The summed E-state index contributed by atoms with van der Waals surface area (Å²) >= 11 is 0. The Hall–Kier alpha value is -1.96. The maximum atomic E-state index is 12.4. The first-order chi connectivity index (χ1) is 11.7. The first kappa shape index (κ1) is 22.1. The van der Waals surface area contributed by atoms with Crippen molar-refractivity contribution in [1.82, 2.24) is 15.6 Å². The summed E-state index contributed by atoms with van der Waals surface area (Å²) in [6, 6.07) is 5.61. The minimum atomic E-state index is -0.265. The molecule has 0 bridgehead atoms. The van der Waals surface area contributed by atoms with Crippen LogP contribution in [0.1, 0.15) is 24.3 Å². The van der Waals surface area contributed by atoms with Crippen molar-refractivity contribution in [3.63, 3.8) is 0 Å². The maximum Gasteiger partial charge on any atom is 0.273 e. The lowest BCUT2D eigenvalue weighted by molar-refractivity contribution is 0.0946. The maximum absolute atomic E-state index is 12.4. The molecule has 0 unspecified atom stereocenters. The van der Waals surface area contributed by atoms with Crippen molar-refractivity contribution in [2.75, 3.05) is 26.3 Å². The number of hydrogen-bond acceptors (Lipinski definition) is 6. The third-order valence-corrected chi connectivity index (χ3v) is 3.71. The van der Waals surface area contributed by atoms with Crippen molar-refractivity contribution in [2.24, 2.45) is 0 Å². The number of carbonyl (C=O) groups excluding carboxylic acids is 1. The highest BCUT2D eigenvalue weighted by atomic mass is 35.5. The average Bonchev–Trinajstić information content (AvgIpc) is 3.09. The number of halogens is 2. The van der Waals surface area contributed by atoms with E-state index in [0.717, 1.165) is 12.1 Å². The van der Waals surface area contributed by atoms with Gasteiger partial charge in [0.1, 0.15) is 13.2 Å². The summed E-state index contributed by atoms with van der Waals surface area (Å²) in [5.41, 5.74) is 0.983. The molecule has 0 fully saturated rings. The van der Waals surface area contributed by atoms with Crippen LogP contribution in [0, 0.1) is 0 Å². The van der Waals surface area contributed by atoms with Gasteiger partial charge in [-0.3, -0.25) is 4.79 Å². The largest absolute Gasteiger partial charge is 0.486 e. The van der Waals surface area contributed by atoms with Crippen LogP contribution in [0.3, 0.4) is 0 Å². The highest BCUT2D eigenvalue weighted by Gasteiger charge is 2.21. The van der Waals surface area contributed by atoms with Gasteiger partial charge in [-0.25, -0.2) is 4.98 Å². The van der Waals surface area contributed by atoms with E-state index in [1.54, 1.807) is 12.1 Å². The lowest BCUT2D eigenvalue weighted by Gasteiger charge is -2.18. The topological polar surface area (TPSA) is 85.6 Å². The van der Waals surface area contributed by atoms with Gasteiger partial charge in [-0.1, -0.05) is 6.92 Å². The minimum Gasteiger partial charge on any atom is -0.486 e. The fraction of sp³-hybridized carbons (Fsp3) is 0.412. The van der Waals surface area contributed by atoms with Crippen molar-refractivity contribution in [3.8, 4) is 22.8 Å². The molecule has 26 heavy (non-hydrogen) atoms. The van der Waals surface area contributed by atoms with E-state index in [4.69, 9.17) is 13.9 Å². The number of carbonyl (C=O) groups is 1. The Kier molecular flexibility index (Phi) is 8.71. The third-order valence-electron chi connectivity index (χ3n) is 3.71. The number of hydrogen-bond donors (Lipinski definition) is 2. The molecule has 9 heteroatoms. The molecular formula is C17H23Cl2N3O4. The molecule has 2 N–H and O–H groups in total. The number of nitrogens with one attached hydrogen (secondary N) is 2. The van der Waals surface area contributed by atoms with Crippen molar-refractivity contribution in [2.45, 2.75) is 19.9 Å². The van der Waals surface area contributed by atoms with E-state index in [9.17, 15) is 4.79 Å². The second kappa shape index (κ2) is 10.3. The summed E-state index contributed by atoms with van der Waals surface area (Å²) in [5.74, 6) is 1.48. The van der Waals surface area contributed by atoms with Crippen molar-refractivity contribution in [1.29, 1.82) is 0 Å². The van der Waals surface area contributed by atoms with Gasteiger partial charge in [0.05, 0.1) is 0 Å². The molecule has 1 atom stereocenters. The van der Waals surface area contributed by atoms with Gasteiger partial charge in [0.2, 0.25) is 0 Å². The van der Waals surface area contributed by atoms with E-state index >= 15 is 0 Å². The Balaban J connectivity index is 0.00000169. The molecule has 0 radical (unpaired) electrons. The number of aromatic nitrogens is 1. The molecule has 0 saturated carbocycles. The standard InChI is InChI=1S/C17H21N3O4.2ClH/c1-3-18-11(2)9-19-17(21)15-16(24-10-20-15)12-4-5-13-14(8-12)23-7-6-22-13;;/h4-5,8,10-11,18H,3,6-7,9H2,1-2H3,(H,19,21);2*1H/t11-;;/m1../s1. The Labute approximate surface area is 164 Å². The van der Waals surface area contributed by atoms with Crippen molar-refractivity contribution in [3.05, 3.63) is 30.3 Å². The van der Waals surface area contributed by atoms with E-state index in [-0.39, 0.29) is 42.5 Å². The van der Waals surface area contributed by atoms with Crippen LogP contribution in [0.2, 0.25) is 0 Å². The summed E-state index contributed by atoms with van der Waals surface area (Å²) in [6.45, 7) is 6.43. The van der Waals surface area contributed by atoms with E-state index < -0.39 is 0 Å². The predicted molar refractivity (Wildman–Crippen MR) is 103 cm³/mol. The molecule has 2 aromatic rings. The monoisotopic (exact) mass is 403 g/mol. The Morgan fingerprint density at radius 3 is 2.69 bits per heavy atom. The van der Waals surface area contributed by atoms with Crippen LogP contribution in [0.15, 0.2) is 29.0 Å². The molecule has 3 rings (SSSR count). The zero-order valence-electron chi connectivity index (χ0n) is 14.6. The zero-order chi connectivity index (χ0) is 16.9. The summed E-state index contributed by atoms with van der Waals surface area (Å²) in [4.78, 5) is 16.4. The third kappa shape index (κ3) is 5.03. The predicted octanol–water partition coefficient (Wildman–Crippen LogP) is 2.68. The Morgan fingerprint density at radius 1 is 1.23 bits per heavy atom. The van der Waals surface area contributed by atoms with Gasteiger partial charge in [0.15, 0.2) is 29.3 Å². The van der Waals surface area contributed by atoms with E-state index in [1.807, 2.05) is 19.9 Å². The van der Waals surface area contributed by atoms with Gasteiger partial charge in [0.25, 0.3) is 5.91 Å². The number of rotatable bonds is 6. The van der Waals surface area contributed by atoms with Gasteiger partial charge in [0, 0.05) is 18.2 Å². The van der Waals surface area contributed by atoms with Crippen molar-refractivity contribution >= 4 is 30.7 Å². The Morgan fingerprint density at radius 2 is 1.96 bits per heavy atom. The van der Waals surface area contributed by atoms with Crippen LogP contribution < -0.4 is 20.1 Å². The molecule has 0 aliphatic carbocycles. The van der Waals surface area contributed by atoms with Crippen LogP contribution in [0.5, 0.6) is 11.5 Å². The number of oxazole rings is 1. The van der Waals surface area contributed by atoms with Gasteiger partial charge < -0.3 is 24.5 Å². The molecular weight excluding hydrogens is 381 g/mol. The minimum absolute atomic E-state index is 0. The molecule has 1 amide bonds. The second-order valence-electron chi connectivity index (χ2n) is 5.56. The summed E-state index contributed by atoms with van der Waals surface area (Å²) in [5, 5.41) is 6.10. The highest BCUT2D eigenvalue weighted by molar-refractivity contribution is 5.97. The molecule has 144 valence electrons. The van der Waals surface area contributed by atoms with Gasteiger partial charge in [-0.15, -0.1) is 24.8 Å². The molecule has 2 heterocycles. The highest BCUT2D eigenvalue weighted by Crippen LogP contribution is 2.35. The van der Waals surface area contributed by atoms with Crippen LogP contribution in [-0.4, -0.2) is 43.2 Å². The Bertz CT molecular complexity index is 724. The van der Waals surface area contributed by atoms with E-state index in [1.165, 1.54) is 6.39 Å². The summed E-state index contributed by atoms with van der Waals surface area (Å²) in [7, 11) is 0. The molecule has 0 saturated heterocycles. The van der Waals surface area contributed by atoms with Crippen LogP contribution in [0.25, 0.3) is 11.3 Å². The fourth-order valence-corrected chi connectivity index (χ4v) is 2.55. The quantitative estimate of drug-likeness (QED) is 0.770. The lowest BCUT2D eigenvalue weighted by atomic mass is 10.1. The first-order valence-electron chi connectivity index (χ1n) is 8.04. The van der Waals surface area contributed by atoms with Gasteiger partial charge >= 0.3 is 0 Å². The number of nitrogens with zero attached hydrogens (tertiary/aromatic N) is 1. The smallest absolute Gasteiger partial charge is 0.273 e. The molecule has 1 aliphatic rings. The first-order valence-corrected chi connectivity index (χ1v) is 8.04. The number of likely N-dealkylation sites (N-methyl/N-ethyl adjacent to an activating group) is 1. The van der Waals surface area contributed by atoms with Crippen molar-refractivity contribution < 1.29 is 18.7 Å². The molecule has 1 aliphatic heterocycles. The van der Waals surface area contributed by atoms with Crippen LogP contribution >= 0.6 is 24.8 Å². The number of ether oxygens (including phenoxy) is 2. The zero-order valence-corrected chi connectivity index (χ0v) is 16.2. The molecule has 1 aromatic carbocycles.